The van der Waals surface area contributed by atoms with E-state index in [2.05, 4.69) is 4.98 Å². The molecule has 0 bridgehead atoms. The van der Waals surface area contributed by atoms with Gasteiger partial charge in [0.2, 0.25) is 0 Å². The quantitative estimate of drug-likeness (QED) is 0.767. The largest absolute Gasteiger partial charge is 0.444 e. The number of piperidine rings is 1. The highest BCUT2D eigenvalue weighted by atomic mass is 16.6. The lowest BCUT2D eigenvalue weighted by Gasteiger charge is -2.35. The third-order valence-electron chi connectivity index (χ3n) is 4.10. The maximum absolute atomic E-state index is 12.2. The van der Waals surface area contributed by atoms with Crippen molar-refractivity contribution in [2.75, 3.05) is 33.2 Å². The molecule has 2 rings (SSSR count). The van der Waals surface area contributed by atoms with Crippen LogP contribution < -0.4 is 0 Å². The number of rotatable bonds is 5. The number of likely N-dealkylation sites (tertiary alicyclic amines) is 1. The fourth-order valence-corrected chi connectivity index (χ4v) is 3.07. The third-order valence-corrected chi connectivity index (χ3v) is 4.10. The predicted octanol–water partition coefficient (Wildman–Crippen LogP) is 2.84. The summed E-state index contributed by atoms with van der Waals surface area (Å²) in [4.78, 5) is 32.4. The first kappa shape index (κ1) is 19.4. The Balaban J connectivity index is 1.83. The summed E-state index contributed by atoms with van der Waals surface area (Å²) in [5, 5.41) is 0. The first-order valence-electron chi connectivity index (χ1n) is 8.85. The number of pyridine rings is 1. The van der Waals surface area contributed by atoms with Gasteiger partial charge in [0.25, 0.3) is 0 Å². The average molecular weight is 347 g/mol. The van der Waals surface area contributed by atoms with Gasteiger partial charge in [-0.05, 0) is 58.7 Å². The lowest BCUT2D eigenvalue weighted by molar-refractivity contribution is 0.0149. The van der Waals surface area contributed by atoms with E-state index in [1.54, 1.807) is 23.2 Å². The van der Waals surface area contributed by atoms with Crippen molar-refractivity contribution in [1.29, 1.82) is 0 Å². The maximum atomic E-state index is 12.2. The van der Waals surface area contributed by atoms with Crippen LogP contribution in [0.15, 0.2) is 24.4 Å². The number of ether oxygens (including phenoxy) is 1. The molecule has 0 saturated carbocycles. The molecule has 1 saturated heterocycles. The Morgan fingerprint density at radius 3 is 2.76 bits per heavy atom. The van der Waals surface area contributed by atoms with E-state index in [1.807, 2.05) is 38.8 Å². The van der Waals surface area contributed by atoms with Crippen molar-refractivity contribution in [3.8, 4) is 0 Å². The van der Waals surface area contributed by atoms with Crippen LogP contribution in [0.25, 0.3) is 0 Å². The standard InChI is InChI=1S/C19H29N3O3/c1-19(2,3)25-18(24)22-11-7-8-15(13-22)12-21(4)14-17(23)16-9-5-6-10-20-16/h5-6,9-10,15H,7-8,11-14H2,1-4H3/t15-/m1/s1. The van der Waals surface area contributed by atoms with Gasteiger partial charge in [0.15, 0.2) is 5.78 Å². The van der Waals surface area contributed by atoms with Crippen molar-refractivity contribution in [2.45, 2.75) is 39.2 Å². The van der Waals surface area contributed by atoms with Gasteiger partial charge in [-0.3, -0.25) is 14.7 Å². The second-order valence-corrected chi connectivity index (χ2v) is 7.77. The van der Waals surface area contributed by atoms with Crippen LogP contribution in [0.5, 0.6) is 0 Å². The second-order valence-electron chi connectivity index (χ2n) is 7.77. The molecule has 0 spiro atoms. The van der Waals surface area contributed by atoms with Gasteiger partial charge in [-0.1, -0.05) is 6.07 Å². The minimum Gasteiger partial charge on any atom is -0.444 e. The number of amides is 1. The topological polar surface area (TPSA) is 62.7 Å². The van der Waals surface area contributed by atoms with Gasteiger partial charge in [0, 0.05) is 25.8 Å². The van der Waals surface area contributed by atoms with E-state index >= 15 is 0 Å². The molecule has 1 aliphatic heterocycles. The Kier molecular flexibility index (Phi) is 6.53. The minimum absolute atomic E-state index is 0.0166. The summed E-state index contributed by atoms with van der Waals surface area (Å²) in [6.07, 6.45) is 3.41. The number of aromatic nitrogens is 1. The van der Waals surface area contributed by atoms with E-state index in [0.717, 1.165) is 25.9 Å². The van der Waals surface area contributed by atoms with E-state index in [9.17, 15) is 9.59 Å². The summed E-state index contributed by atoms with van der Waals surface area (Å²) in [7, 11) is 1.94. The molecular formula is C19H29N3O3. The summed E-state index contributed by atoms with van der Waals surface area (Å²) in [6, 6.07) is 5.36. The zero-order valence-electron chi connectivity index (χ0n) is 15.7. The molecule has 1 fully saturated rings. The molecule has 1 aromatic rings. The first-order chi connectivity index (χ1) is 11.7. The van der Waals surface area contributed by atoms with Gasteiger partial charge >= 0.3 is 6.09 Å². The highest BCUT2D eigenvalue weighted by Gasteiger charge is 2.28. The fraction of sp³-hybridized carbons (Fsp3) is 0.632. The van der Waals surface area contributed by atoms with Crippen molar-refractivity contribution in [3.05, 3.63) is 30.1 Å². The number of ketones is 1. The predicted molar refractivity (Wildman–Crippen MR) is 96.6 cm³/mol. The van der Waals surface area contributed by atoms with Crippen molar-refractivity contribution in [2.24, 2.45) is 5.92 Å². The van der Waals surface area contributed by atoms with Crippen LogP contribution in [0.1, 0.15) is 44.1 Å². The Morgan fingerprint density at radius 1 is 1.36 bits per heavy atom. The normalized spacial score (nSPS) is 18.3. The molecule has 25 heavy (non-hydrogen) atoms. The summed E-state index contributed by atoms with van der Waals surface area (Å²) < 4.78 is 5.46. The lowest BCUT2D eigenvalue weighted by atomic mass is 9.97. The van der Waals surface area contributed by atoms with Crippen molar-refractivity contribution < 1.29 is 14.3 Å². The maximum Gasteiger partial charge on any atom is 0.410 e. The summed E-state index contributed by atoms with van der Waals surface area (Å²) in [5.41, 5.74) is 0.0176. The van der Waals surface area contributed by atoms with Gasteiger partial charge < -0.3 is 9.64 Å². The van der Waals surface area contributed by atoms with Crippen molar-refractivity contribution in [1.82, 2.24) is 14.8 Å². The molecule has 1 aromatic heterocycles. The zero-order chi connectivity index (χ0) is 18.4. The molecular weight excluding hydrogens is 318 g/mol. The van der Waals surface area contributed by atoms with Crippen LogP contribution in [-0.4, -0.2) is 65.5 Å². The van der Waals surface area contributed by atoms with E-state index in [0.29, 0.717) is 24.7 Å². The van der Waals surface area contributed by atoms with Crippen LogP contribution in [-0.2, 0) is 4.74 Å². The van der Waals surface area contributed by atoms with Crippen LogP contribution in [0.2, 0.25) is 0 Å². The monoisotopic (exact) mass is 347 g/mol. The fourth-order valence-electron chi connectivity index (χ4n) is 3.07. The molecule has 0 unspecified atom stereocenters. The zero-order valence-corrected chi connectivity index (χ0v) is 15.7. The third kappa shape index (κ3) is 6.46. The Morgan fingerprint density at radius 2 is 2.12 bits per heavy atom. The molecule has 0 radical (unpaired) electrons. The number of carbonyl (C=O) groups excluding carboxylic acids is 2. The van der Waals surface area contributed by atoms with Gasteiger partial charge in [-0.25, -0.2) is 4.79 Å². The molecule has 1 aliphatic rings. The van der Waals surface area contributed by atoms with Crippen molar-refractivity contribution in [3.63, 3.8) is 0 Å². The lowest BCUT2D eigenvalue weighted by Crippen LogP contribution is -2.45. The summed E-state index contributed by atoms with van der Waals surface area (Å²) in [5.74, 6) is 0.366. The van der Waals surface area contributed by atoms with E-state index in [4.69, 9.17) is 4.74 Å². The van der Waals surface area contributed by atoms with Gasteiger partial charge in [0.05, 0.1) is 6.54 Å². The van der Waals surface area contributed by atoms with Crippen LogP contribution in [0.4, 0.5) is 4.79 Å². The van der Waals surface area contributed by atoms with E-state index in [1.165, 1.54) is 0 Å². The smallest absolute Gasteiger partial charge is 0.410 e. The first-order valence-corrected chi connectivity index (χ1v) is 8.85. The highest BCUT2D eigenvalue weighted by molar-refractivity contribution is 5.95. The van der Waals surface area contributed by atoms with E-state index in [-0.39, 0.29) is 11.9 Å². The van der Waals surface area contributed by atoms with Gasteiger partial charge in [0.1, 0.15) is 11.3 Å². The molecule has 2 heterocycles. The number of Topliss-reactive ketones (excluding diaryl/α,β-unsaturated/α-hetero) is 1. The van der Waals surface area contributed by atoms with Gasteiger partial charge in [-0.15, -0.1) is 0 Å². The minimum atomic E-state index is -0.476. The van der Waals surface area contributed by atoms with Crippen LogP contribution in [0.3, 0.4) is 0 Å². The van der Waals surface area contributed by atoms with Crippen LogP contribution in [0, 0.1) is 5.92 Å². The number of likely N-dealkylation sites (N-methyl/N-ethyl adjacent to an activating group) is 1. The molecule has 138 valence electrons. The van der Waals surface area contributed by atoms with E-state index < -0.39 is 5.60 Å². The van der Waals surface area contributed by atoms with Gasteiger partial charge in [-0.2, -0.15) is 0 Å². The molecule has 0 aromatic carbocycles. The molecule has 1 amide bonds. The summed E-state index contributed by atoms with van der Waals surface area (Å²) in [6.45, 7) is 8.16. The number of hydrogen-bond acceptors (Lipinski definition) is 5. The Labute approximate surface area is 150 Å². The molecule has 6 nitrogen and oxygen atoms in total. The molecule has 6 heteroatoms. The second kappa shape index (κ2) is 8.43. The Hall–Kier alpha value is -1.95. The Bertz CT molecular complexity index is 583. The molecule has 1 atom stereocenters. The van der Waals surface area contributed by atoms with Crippen molar-refractivity contribution >= 4 is 11.9 Å². The average Bonchev–Trinajstić information content (AvgIpc) is 2.54. The number of carbonyl (C=O) groups is 2. The SMILES string of the molecule is CN(CC(=O)c1ccccn1)C[C@H]1CCCN(C(=O)OC(C)(C)C)C1. The number of hydrogen-bond donors (Lipinski definition) is 0. The molecule has 0 N–H and O–H groups in total. The molecule has 0 aliphatic carbocycles. The van der Waals surface area contributed by atoms with Crippen LogP contribution >= 0.6 is 0 Å². The summed E-state index contributed by atoms with van der Waals surface area (Å²) >= 11 is 0. The highest BCUT2D eigenvalue weighted by Crippen LogP contribution is 2.20. The number of nitrogens with zero attached hydrogens (tertiary/aromatic N) is 3.